The Balaban J connectivity index is 2.15. The number of halogens is 1. The molecule has 1 unspecified atom stereocenters. The molecular weight excluding hydrogens is 255 g/mol. The second kappa shape index (κ2) is 6.30. The van der Waals surface area contributed by atoms with Crippen molar-refractivity contribution >= 4 is 5.91 Å². The fourth-order valence-electron chi connectivity index (χ4n) is 2.05. The number of amides is 1. The van der Waals surface area contributed by atoms with Crippen molar-refractivity contribution in [2.24, 2.45) is 5.73 Å². The van der Waals surface area contributed by atoms with E-state index in [9.17, 15) is 9.18 Å². The largest absolute Gasteiger partial charge is 0.358 e. The number of hydrogen-bond acceptors (Lipinski definition) is 2. The average molecular weight is 272 g/mol. The summed E-state index contributed by atoms with van der Waals surface area (Å²) in [4.78, 5) is 11.4. The van der Waals surface area contributed by atoms with Crippen molar-refractivity contribution in [1.82, 2.24) is 5.32 Å². The molecule has 20 heavy (non-hydrogen) atoms. The highest BCUT2D eigenvalue weighted by Gasteiger charge is 2.12. The third-order valence-corrected chi connectivity index (χ3v) is 3.18. The Bertz CT molecular complexity index is 596. The molecule has 0 aliphatic carbocycles. The summed E-state index contributed by atoms with van der Waals surface area (Å²) in [6, 6.07) is 13.5. The maximum absolute atomic E-state index is 13.7. The highest BCUT2D eigenvalue weighted by molar-refractivity contribution is 5.81. The molecule has 0 heterocycles. The van der Waals surface area contributed by atoms with Gasteiger partial charge in [-0.05, 0) is 23.6 Å². The van der Waals surface area contributed by atoms with Crippen molar-refractivity contribution in [2.45, 2.75) is 12.5 Å². The fraction of sp³-hybridized carbons (Fsp3) is 0.188. The van der Waals surface area contributed by atoms with Crippen LogP contribution in [0.1, 0.15) is 5.56 Å². The summed E-state index contributed by atoms with van der Waals surface area (Å²) in [5.41, 5.74) is 8.08. The minimum Gasteiger partial charge on any atom is -0.358 e. The number of nitrogens with one attached hydrogen (secondary N) is 1. The molecule has 0 spiro atoms. The lowest BCUT2D eigenvalue weighted by atomic mass is 10.0. The van der Waals surface area contributed by atoms with Crippen LogP contribution in [0, 0.1) is 5.82 Å². The normalized spacial score (nSPS) is 11.9. The van der Waals surface area contributed by atoms with E-state index in [1.807, 2.05) is 24.3 Å². The number of benzene rings is 2. The summed E-state index contributed by atoms with van der Waals surface area (Å²) < 4.78 is 13.7. The molecule has 2 aromatic carbocycles. The van der Waals surface area contributed by atoms with Crippen LogP contribution in [0.2, 0.25) is 0 Å². The Morgan fingerprint density at radius 3 is 2.45 bits per heavy atom. The standard InChI is InChI=1S/C16H17FN2O/c1-19-16(20)15(18)10-11-6-8-12(9-7-11)13-4-2-3-5-14(13)17/h2-9,15H,10,18H2,1H3,(H,19,20). The van der Waals surface area contributed by atoms with Crippen LogP contribution in [-0.2, 0) is 11.2 Å². The van der Waals surface area contributed by atoms with E-state index < -0.39 is 6.04 Å². The van der Waals surface area contributed by atoms with E-state index in [1.165, 1.54) is 6.07 Å². The van der Waals surface area contributed by atoms with Crippen molar-refractivity contribution < 1.29 is 9.18 Å². The van der Waals surface area contributed by atoms with Crippen molar-refractivity contribution in [3.63, 3.8) is 0 Å². The molecule has 2 aromatic rings. The van der Waals surface area contributed by atoms with Crippen molar-refractivity contribution in [1.29, 1.82) is 0 Å². The number of hydrogen-bond donors (Lipinski definition) is 2. The quantitative estimate of drug-likeness (QED) is 0.895. The fourth-order valence-corrected chi connectivity index (χ4v) is 2.05. The van der Waals surface area contributed by atoms with Gasteiger partial charge in [-0.25, -0.2) is 4.39 Å². The smallest absolute Gasteiger partial charge is 0.237 e. The molecule has 0 radical (unpaired) electrons. The van der Waals surface area contributed by atoms with Crippen LogP contribution in [0.15, 0.2) is 48.5 Å². The summed E-state index contributed by atoms with van der Waals surface area (Å²) in [7, 11) is 1.56. The van der Waals surface area contributed by atoms with Crippen LogP contribution in [0.25, 0.3) is 11.1 Å². The Morgan fingerprint density at radius 1 is 1.20 bits per heavy atom. The first-order valence-electron chi connectivity index (χ1n) is 6.43. The lowest BCUT2D eigenvalue weighted by Gasteiger charge is -2.10. The van der Waals surface area contributed by atoms with Crippen LogP contribution >= 0.6 is 0 Å². The molecular formula is C16H17FN2O. The molecule has 1 amide bonds. The number of likely N-dealkylation sites (N-methyl/N-ethyl adjacent to an activating group) is 1. The molecule has 0 saturated heterocycles. The minimum absolute atomic E-state index is 0.191. The molecule has 3 nitrogen and oxygen atoms in total. The van der Waals surface area contributed by atoms with E-state index in [-0.39, 0.29) is 11.7 Å². The van der Waals surface area contributed by atoms with E-state index in [4.69, 9.17) is 5.73 Å². The SMILES string of the molecule is CNC(=O)C(N)Cc1ccc(-c2ccccc2F)cc1. The first-order valence-corrected chi connectivity index (χ1v) is 6.43. The zero-order valence-corrected chi connectivity index (χ0v) is 11.3. The van der Waals surface area contributed by atoms with Gasteiger partial charge in [0.1, 0.15) is 5.82 Å². The predicted octanol–water partition coefficient (Wildman–Crippen LogP) is 2.11. The van der Waals surface area contributed by atoms with Gasteiger partial charge in [-0.15, -0.1) is 0 Å². The van der Waals surface area contributed by atoms with E-state index in [1.54, 1.807) is 25.2 Å². The molecule has 3 N–H and O–H groups in total. The van der Waals surface area contributed by atoms with Gasteiger partial charge in [-0.3, -0.25) is 4.79 Å². The maximum Gasteiger partial charge on any atom is 0.237 e. The Labute approximate surface area is 117 Å². The van der Waals surface area contributed by atoms with Crippen LogP contribution in [0.3, 0.4) is 0 Å². The molecule has 104 valence electrons. The summed E-state index contributed by atoms with van der Waals surface area (Å²) in [6.07, 6.45) is 0.456. The zero-order valence-electron chi connectivity index (χ0n) is 11.3. The monoisotopic (exact) mass is 272 g/mol. The summed E-state index contributed by atoms with van der Waals surface area (Å²) in [5.74, 6) is -0.439. The van der Waals surface area contributed by atoms with Crippen molar-refractivity contribution in [3.8, 4) is 11.1 Å². The molecule has 0 aromatic heterocycles. The second-order valence-electron chi connectivity index (χ2n) is 4.60. The lowest BCUT2D eigenvalue weighted by molar-refractivity contribution is -0.121. The highest BCUT2D eigenvalue weighted by Crippen LogP contribution is 2.22. The van der Waals surface area contributed by atoms with Crippen LogP contribution in [-0.4, -0.2) is 19.0 Å². The Hall–Kier alpha value is -2.20. The number of rotatable bonds is 4. The van der Waals surface area contributed by atoms with Gasteiger partial charge < -0.3 is 11.1 Å². The van der Waals surface area contributed by atoms with Crippen LogP contribution in [0.5, 0.6) is 0 Å². The number of carbonyl (C=O) groups is 1. The first-order chi connectivity index (χ1) is 9.61. The molecule has 0 aliphatic rings. The van der Waals surface area contributed by atoms with Crippen LogP contribution in [0.4, 0.5) is 4.39 Å². The molecule has 0 saturated carbocycles. The Kier molecular flexibility index (Phi) is 4.48. The van der Waals surface area contributed by atoms with Gasteiger partial charge in [0.05, 0.1) is 6.04 Å². The summed E-state index contributed by atoms with van der Waals surface area (Å²) >= 11 is 0. The van der Waals surface area contributed by atoms with Gasteiger partial charge >= 0.3 is 0 Å². The van der Waals surface area contributed by atoms with E-state index in [0.717, 1.165) is 11.1 Å². The second-order valence-corrected chi connectivity index (χ2v) is 4.60. The molecule has 1 atom stereocenters. The number of nitrogens with two attached hydrogens (primary N) is 1. The van der Waals surface area contributed by atoms with E-state index in [0.29, 0.717) is 12.0 Å². The van der Waals surface area contributed by atoms with E-state index >= 15 is 0 Å². The Morgan fingerprint density at radius 2 is 1.85 bits per heavy atom. The summed E-state index contributed by atoms with van der Waals surface area (Å²) in [6.45, 7) is 0. The van der Waals surface area contributed by atoms with Gasteiger partial charge in [0.2, 0.25) is 5.91 Å². The highest BCUT2D eigenvalue weighted by atomic mass is 19.1. The van der Waals surface area contributed by atoms with E-state index in [2.05, 4.69) is 5.32 Å². The topological polar surface area (TPSA) is 55.1 Å². The van der Waals surface area contributed by atoms with Crippen molar-refractivity contribution in [2.75, 3.05) is 7.05 Å². The van der Waals surface area contributed by atoms with Gasteiger partial charge in [0, 0.05) is 12.6 Å². The predicted molar refractivity (Wildman–Crippen MR) is 77.6 cm³/mol. The maximum atomic E-state index is 13.7. The van der Waals surface area contributed by atoms with Gasteiger partial charge in [-0.2, -0.15) is 0 Å². The average Bonchev–Trinajstić information content (AvgIpc) is 2.48. The first kappa shape index (κ1) is 14.2. The van der Waals surface area contributed by atoms with Gasteiger partial charge in [-0.1, -0.05) is 42.5 Å². The molecule has 0 bridgehead atoms. The molecule has 0 aliphatic heterocycles. The third kappa shape index (κ3) is 3.22. The number of carbonyl (C=O) groups excluding carboxylic acids is 1. The third-order valence-electron chi connectivity index (χ3n) is 3.18. The lowest BCUT2D eigenvalue weighted by Crippen LogP contribution is -2.40. The molecule has 2 rings (SSSR count). The molecule has 4 heteroatoms. The van der Waals surface area contributed by atoms with Gasteiger partial charge in [0.15, 0.2) is 0 Å². The zero-order chi connectivity index (χ0) is 14.5. The van der Waals surface area contributed by atoms with Crippen LogP contribution < -0.4 is 11.1 Å². The molecule has 0 fully saturated rings. The minimum atomic E-state index is -0.570. The van der Waals surface area contributed by atoms with Gasteiger partial charge in [0.25, 0.3) is 0 Å². The van der Waals surface area contributed by atoms with Crippen molar-refractivity contribution in [3.05, 3.63) is 59.9 Å². The summed E-state index contributed by atoms with van der Waals surface area (Å²) in [5, 5.41) is 2.52.